The molecule has 3 rings (SSSR count). The first-order valence-corrected chi connectivity index (χ1v) is 5.30. The van der Waals surface area contributed by atoms with E-state index in [-0.39, 0.29) is 5.82 Å². The van der Waals surface area contributed by atoms with Gasteiger partial charge in [-0.3, -0.25) is 0 Å². The van der Waals surface area contributed by atoms with E-state index in [2.05, 4.69) is 19.6 Å². The van der Waals surface area contributed by atoms with E-state index in [0.29, 0.717) is 0 Å². The zero-order valence-corrected chi connectivity index (χ0v) is 9.47. The summed E-state index contributed by atoms with van der Waals surface area (Å²) in [5.41, 5.74) is 2.84. The summed E-state index contributed by atoms with van der Waals surface area (Å²) in [6.07, 6.45) is 1.91. The van der Waals surface area contributed by atoms with Gasteiger partial charge in [-0.05, 0) is 30.7 Å². The molecule has 0 aliphatic rings. The fraction of sp³-hybridized carbons (Fsp3) is 0.0833. The van der Waals surface area contributed by atoms with Gasteiger partial charge in [0.1, 0.15) is 0 Å². The topological polar surface area (TPSA) is 92.0 Å². The van der Waals surface area contributed by atoms with Crippen LogP contribution in [0.1, 0.15) is 16.2 Å². The van der Waals surface area contributed by atoms with E-state index >= 15 is 0 Å². The average Bonchev–Trinajstić information content (AvgIpc) is 2.96. The van der Waals surface area contributed by atoms with Gasteiger partial charge in [0.2, 0.25) is 5.82 Å². The fourth-order valence-electron chi connectivity index (χ4n) is 1.83. The van der Waals surface area contributed by atoms with Crippen LogP contribution in [0, 0.1) is 6.92 Å². The van der Waals surface area contributed by atoms with Gasteiger partial charge in [-0.15, -0.1) is 0 Å². The van der Waals surface area contributed by atoms with Crippen LogP contribution < -0.4 is 0 Å². The molecule has 0 aliphatic carbocycles. The minimum absolute atomic E-state index is 0.273. The second-order valence-electron chi connectivity index (χ2n) is 3.96. The molecule has 0 atom stereocenters. The predicted octanol–water partition coefficient (Wildman–Crippen LogP) is 2.22. The van der Waals surface area contributed by atoms with Crippen molar-refractivity contribution in [3.05, 3.63) is 35.9 Å². The number of aromatic nitrogens is 3. The molecular weight excluding hydrogens is 234 g/mol. The Morgan fingerprint density at radius 3 is 3.00 bits per heavy atom. The van der Waals surface area contributed by atoms with Gasteiger partial charge in [0.15, 0.2) is 0 Å². The van der Waals surface area contributed by atoms with Gasteiger partial charge in [-0.1, -0.05) is 5.16 Å². The first-order chi connectivity index (χ1) is 8.65. The number of aromatic amines is 1. The third-order valence-corrected chi connectivity index (χ3v) is 2.76. The smallest absolute Gasteiger partial charge is 0.394 e. The first-order valence-electron chi connectivity index (χ1n) is 5.30. The summed E-state index contributed by atoms with van der Waals surface area (Å²) in [4.78, 5) is 17.6. The Balaban J connectivity index is 2.12. The van der Waals surface area contributed by atoms with Gasteiger partial charge >= 0.3 is 11.9 Å². The maximum absolute atomic E-state index is 10.7. The van der Waals surface area contributed by atoms with E-state index in [1.54, 1.807) is 0 Å². The molecule has 0 spiro atoms. The Hall–Kier alpha value is -2.63. The van der Waals surface area contributed by atoms with Crippen LogP contribution in [-0.4, -0.2) is 26.2 Å². The zero-order valence-electron chi connectivity index (χ0n) is 9.47. The summed E-state index contributed by atoms with van der Waals surface area (Å²) >= 11 is 0. The number of H-pyrrole nitrogens is 1. The Bertz CT molecular complexity index is 742. The van der Waals surface area contributed by atoms with Crippen LogP contribution in [0.4, 0.5) is 0 Å². The minimum atomic E-state index is -1.23. The van der Waals surface area contributed by atoms with Crippen LogP contribution in [0.3, 0.4) is 0 Å². The predicted molar refractivity (Wildman–Crippen MR) is 63.3 cm³/mol. The van der Waals surface area contributed by atoms with Gasteiger partial charge < -0.3 is 14.6 Å². The lowest BCUT2D eigenvalue weighted by molar-refractivity contribution is 0.0643. The molecule has 0 saturated heterocycles. The number of hydrogen-bond donors (Lipinski definition) is 2. The molecule has 0 bridgehead atoms. The van der Waals surface area contributed by atoms with Crippen molar-refractivity contribution in [3.8, 4) is 11.4 Å². The van der Waals surface area contributed by atoms with Crippen molar-refractivity contribution < 1.29 is 14.4 Å². The van der Waals surface area contributed by atoms with Gasteiger partial charge in [0.05, 0.1) is 0 Å². The number of carbonyl (C=O) groups is 1. The summed E-state index contributed by atoms with van der Waals surface area (Å²) in [7, 11) is 0. The van der Waals surface area contributed by atoms with Gasteiger partial charge in [-0.25, -0.2) is 4.79 Å². The number of carboxylic acid groups (broad SMARTS) is 1. The summed E-state index contributed by atoms with van der Waals surface area (Å²) in [5, 5.41) is 13.4. The first kappa shape index (κ1) is 10.5. The van der Waals surface area contributed by atoms with Crippen LogP contribution in [0.2, 0.25) is 0 Å². The highest BCUT2D eigenvalue weighted by Gasteiger charge is 2.15. The van der Waals surface area contributed by atoms with Crippen molar-refractivity contribution in [1.82, 2.24) is 15.1 Å². The van der Waals surface area contributed by atoms with Crippen LogP contribution in [-0.2, 0) is 0 Å². The number of hydrogen-bond acceptors (Lipinski definition) is 4. The number of benzene rings is 1. The standard InChI is InChI=1S/C12H9N3O3/c1-6-5-13-9-3-2-7(4-8(6)9)10-14-11(12(16)17)18-15-10/h2-5,13H,1H3,(H,16,17). The third kappa shape index (κ3) is 1.55. The number of fused-ring (bicyclic) bond motifs is 1. The molecule has 0 unspecified atom stereocenters. The lowest BCUT2D eigenvalue weighted by Gasteiger charge is -1.96. The van der Waals surface area contributed by atoms with Gasteiger partial charge in [0.25, 0.3) is 0 Å². The van der Waals surface area contributed by atoms with Crippen LogP contribution in [0.5, 0.6) is 0 Å². The highest BCUT2D eigenvalue weighted by atomic mass is 16.5. The number of carboxylic acids is 1. The number of rotatable bonds is 2. The fourth-order valence-corrected chi connectivity index (χ4v) is 1.83. The van der Waals surface area contributed by atoms with Gasteiger partial charge in [0, 0.05) is 22.7 Å². The van der Waals surface area contributed by atoms with Crippen molar-refractivity contribution in [2.45, 2.75) is 6.92 Å². The molecule has 3 aromatic rings. The molecule has 18 heavy (non-hydrogen) atoms. The van der Waals surface area contributed by atoms with E-state index in [1.807, 2.05) is 31.3 Å². The third-order valence-electron chi connectivity index (χ3n) is 2.76. The van der Waals surface area contributed by atoms with Crippen LogP contribution in [0.25, 0.3) is 22.3 Å². The lowest BCUT2D eigenvalue weighted by Crippen LogP contribution is -1.95. The Morgan fingerprint density at radius 1 is 1.44 bits per heavy atom. The number of aromatic carboxylic acids is 1. The molecule has 2 N–H and O–H groups in total. The maximum Gasteiger partial charge on any atom is 0.394 e. The van der Waals surface area contributed by atoms with Crippen LogP contribution >= 0.6 is 0 Å². The van der Waals surface area contributed by atoms with E-state index < -0.39 is 11.9 Å². The highest BCUT2D eigenvalue weighted by molar-refractivity contribution is 5.87. The molecule has 90 valence electrons. The highest BCUT2D eigenvalue weighted by Crippen LogP contribution is 2.24. The van der Waals surface area contributed by atoms with Crippen molar-refractivity contribution in [2.24, 2.45) is 0 Å². The van der Waals surface area contributed by atoms with E-state index in [4.69, 9.17) is 5.11 Å². The largest absolute Gasteiger partial charge is 0.474 e. The number of nitrogens with zero attached hydrogens (tertiary/aromatic N) is 2. The monoisotopic (exact) mass is 243 g/mol. The Morgan fingerprint density at radius 2 is 2.28 bits per heavy atom. The number of aryl methyl sites for hydroxylation is 1. The van der Waals surface area contributed by atoms with Crippen molar-refractivity contribution in [1.29, 1.82) is 0 Å². The molecule has 0 amide bonds. The Labute approximate surface area is 101 Å². The van der Waals surface area contributed by atoms with E-state index in [1.165, 1.54) is 0 Å². The molecule has 2 heterocycles. The van der Waals surface area contributed by atoms with Crippen LogP contribution in [0.15, 0.2) is 28.9 Å². The quantitative estimate of drug-likeness (QED) is 0.720. The SMILES string of the molecule is Cc1c[nH]c2ccc(-c3noc(C(=O)O)n3)cc12. The van der Waals surface area contributed by atoms with Crippen molar-refractivity contribution in [2.75, 3.05) is 0 Å². The maximum atomic E-state index is 10.7. The molecule has 2 aromatic heterocycles. The second kappa shape index (κ2) is 3.69. The molecule has 6 nitrogen and oxygen atoms in total. The average molecular weight is 243 g/mol. The molecule has 1 aromatic carbocycles. The summed E-state index contributed by atoms with van der Waals surface area (Å²) in [6, 6.07) is 5.61. The summed E-state index contributed by atoms with van der Waals surface area (Å²) in [6.45, 7) is 1.99. The number of nitrogens with one attached hydrogen (secondary N) is 1. The molecule has 0 fully saturated rings. The Kier molecular flexibility index (Phi) is 2.16. The van der Waals surface area contributed by atoms with Gasteiger partial charge in [-0.2, -0.15) is 4.98 Å². The molecule has 0 radical (unpaired) electrons. The van der Waals surface area contributed by atoms with E-state index in [9.17, 15) is 4.79 Å². The summed E-state index contributed by atoms with van der Waals surface area (Å²) in [5.74, 6) is -1.36. The van der Waals surface area contributed by atoms with Crippen molar-refractivity contribution >= 4 is 16.9 Å². The summed E-state index contributed by atoms with van der Waals surface area (Å²) < 4.78 is 4.64. The minimum Gasteiger partial charge on any atom is -0.474 e. The molecular formula is C12H9N3O3. The normalized spacial score (nSPS) is 10.9. The second-order valence-corrected chi connectivity index (χ2v) is 3.96. The lowest BCUT2D eigenvalue weighted by atomic mass is 10.1. The van der Waals surface area contributed by atoms with Crippen molar-refractivity contribution in [3.63, 3.8) is 0 Å². The van der Waals surface area contributed by atoms with E-state index in [0.717, 1.165) is 22.0 Å². The molecule has 0 aliphatic heterocycles. The molecule has 0 saturated carbocycles. The zero-order chi connectivity index (χ0) is 12.7. The molecule has 6 heteroatoms.